The molecule has 2 heterocycles. The van der Waals surface area contributed by atoms with Crippen LogP contribution in [0, 0.1) is 20.8 Å². The van der Waals surface area contributed by atoms with Gasteiger partial charge in [-0.2, -0.15) is 0 Å². The maximum atomic E-state index is 12.5. The summed E-state index contributed by atoms with van der Waals surface area (Å²) in [5, 5.41) is 0. The molecule has 1 aliphatic heterocycles. The predicted octanol–water partition coefficient (Wildman–Crippen LogP) is 2.28. The van der Waals surface area contributed by atoms with Gasteiger partial charge in [0.25, 0.3) is 5.91 Å². The number of aryl methyl sites for hydroxylation is 2. The van der Waals surface area contributed by atoms with Crippen LogP contribution < -0.4 is 0 Å². The van der Waals surface area contributed by atoms with Crippen molar-refractivity contribution in [1.82, 2.24) is 4.90 Å². The van der Waals surface area contributed by atoms with Crippen LogP contribution in [-0.2, 0) is 4.74 Å². The van der Waals surface area contributed by atoms with Crippen molar-refractivity contribution in [2.75, 3.05) is 25.6 Å². The SMILES string of the molecule is Cc1oc(C)c(C(=O)N2CCOC(CCl)C2)c1C. The van der Waals surface area contributed by atoms with Gasteiger partial charge in [0.1, 0.15) is 11.5 Å². The van der Waals surface area contributed by atoms with E-state index in [-0.39, 0.29) is 12.0 Å². The third-order valence-corrected chi connectivity index (χ3v) is 3.72. The second kappa shape index (κ2) is 5.33. The predicted molar refractivity (Wildman–Crippen MR) is 69.3 cm³/mol. The fraction of sp³-hybridized carbons (Fsp3) is 0.615. The monoisotopic (exact) mass is 271 g/mol. The van der Waals surface area contributed by atoms with Gasteiger partial charge in [-0.25, -0.2) is 0 Å². The maximum Gasteiger partial charge on any atom is 0.257 e. The van der Waals surface area contributed by atoms with Crippen LogP contribution in [0.3, 0.4) is 0 Å². The molecule has 0 radical (unpaired) electrons. The van der Waals surface area contributed by atoms with Crippen LogP contribution in [-0.4, -0.2) is 42.5 Å². The number of rotatable bonds is 2. The van der Waals surface area contributed by atoms with Crippen molar-refractivity contribution in [2.45, 2.75) is 26.9 Å². The zero-order valence-corrected chi connectivity index (χ0v) is 11.7. The lowest BCUT2D eigenvalue weighted by Crippen LogP contribution is -2.46. The Morgan fingerprint density at radius 3 is 2.67 bits per heavy atom. The number of ether oxygens (including phenoxy) is 1. The molecule has 4 nitrogen and oxygen atoms in total. The van der Waals surface area contributed by atoms with E-state index >= 15 is 0 Å². The molecule has 0 N–H and O–H groups in total. The molecule has 1 fully saturated rings. The Hall–Kier alpha value is -1.00. The molecule has 0 aliphatic carbocycles. The Balaban J connectivity index is 2.20. The van der Waals surface area contributed by atoms with E-state index < -0.39 is 0 Å². The summed E-state index contributed by atoms with van der Waals surface area (Å²) in [6, 6.07) is 0. The highest BCUT2D eigenvalue weighted by molar-refractivity contribution is 6.18. The number of amides is 1. The standard InChI is InChI=1S/C13H18ClNO3/c1-8-9(2)18-10(3)12(8)13(16)15-4-5-17-11(6-14)7-15/h11H,4-7H2,1-3H3. The number of nitrogens with zero attached hydrogens (tertiary/aromatic N) is 1. The van der Waals surface area contributed by atoms with Crippen molar-refractivity contribution in [3.05, 3.63) is 22.6 Å². The van der Waals surface area contributed by atoms with Gasteiger partial charge in [0.05, 0.1) is 24.2 Å². The molecule has 1 amide bonds. The van der Waals surface area contributed by atoms with Gasteiger partial charge in [-0.15, -0.1) is 11.6 Å². The highest BCUT2D eigenvalue weighted by Crippen LogP contribution is 2.23. The van der Waals surface area contributed by atoms with Crippen LogP contribution >= 0.6 is 11.6 Å². The first kappa shape index (κ1) is 13.4. The molecule has 1 saturated heterocycles. The number of halogens is 1. The fourth-order valence-corrected chi connectivity index (χ4v) is 2.45. The summed E-state index contributed by atoms with van der Waals surface area (Å²) >= 11 is 5.78. The number of carbonyl (C=O) groups excluding carboxylic acids is 1. The van der Waals surface area contributed by atoms with Crippen molar-refractivity contribution >= 4 is 17.5 Å². The number of morpholine rings is 1. The van der Waals surface area contributed by atoms with Gasteiger partial charge in [0.2, 0.25) is 0 Å². The largest absolute Gasteiger partial charge is 0.466 e. The van der Waals surface area contributed by atoms with Crippen molar-refractivity contribution in [2.24, 2.45) is 0 Å². The van der Waals surface area contributed by atoms with E-state index in [0.717, 1.165) is 11.3 Å². The first-order valence-corrected chi connectivity index (χ1v) is 6.61. The molecule has 1 atom stereocenters. The topological polar surface area (TPSA) is 42.7 Å². The lowest BCUT2D eigenvalue weighted by Gasteiger charge is -2.32. The fourth-order valence-electron chi connectivity index (χ4n) is 2.26. The highest BCUT2D eigenvalue weighted by atomic mass is 35.5. The minimum absolute atomic E-state index is 0.0141. The van der Waals surface area contributed by atoms with Crippen LogP contribution in [0.1, 0.15) is 27.4 Å². The van der Waals surface area contributed by atoms with Gasteiger partial charge in [-0.3, -0.25) is 4.79 Å². The van der Waals surface area contributed by atoms with Gasteiger partial charge < -0.3 is 14.1 Å². The van der Waals surface area contributed by atoms with Gasteiger partial charge in [-0.05, 0) is 20.8 Å². The van der Waals surface area contributed by atoms with E-state index in [1.807, 2.05) is 20.8 Å². The molecule has 0 saturated carbocycles. The number of hydrogen-bond donors (Lipinski definition) is 0. The summed E-state index contributed by atoms with van der Waals surface area (Å²) in [6.07, 6.45) is -0.0713. The summed E-state index contributed by atoms with van der Waals surface area (Å²) in [4.78, 5) is 14.3. The van der Waals surface area contributed by atoms with Crippen molar-refractivity contribution in [3.8, 4) is 0 Å². The summed E-state index contributed by atoms with van der Waals surface area (Å²) in [5.74, 6) is 1.91. The molecule has 0 aromatic carbocycles. The van der Waals surface area contributed by atoms with Crippen LogP contribution in [0.4, 0.5) is 0 Å². The summed E-state index contributed by atoms with van der Waals surface area (Å²) < 4.78 is 11.0. The summed E-state index contributed by atoms with van der Waals surface area (Å²) in [7, 11) is 0. The Bertz CT molecular complexity index is 455. The smallest absolute Gasteiger partial charge is 0.257 e. The number of alkyl halides is 1. The lowest BCUT2D eigenvalue weighted by atomic mass is 10.1. The molecule has 2 rings (SSSR count). The minimum Gasteiger partial charge on any atom is -0.466 e. The average Bonchev–Trinajstić information content (AvgIpc) is 2.62. The first-order chi connectivity index (χ1) is 8.54. The normalized spacial score (nSPS) is 20.2. The molecule has 1 aromatic rings. The maximum absolute atomic E-state index is 12.5. The van der Waals surface area contributed by atoms with Crippen LogP contribution in [0.15, 0.2) is 4.42 Å². The van der Waals surface area contributed by atoms with E-state index in [0.29, 0.717) is 36.9 Å². The van der Waals surface area contributed by atoms with Gasteiger partial charge >= 0.3 is 0 Å². The first-order valence-electron chi connectivity index (χ1n) is 6.08. The van der Waals surface area contributed by atoms with E-state index in [4.69, 9.17) is 20.8 Å². The molecule has 0 bridgehead atoms. The Kier molecular flexibility index (Phi) is 3.97. The molecular weight excluding hydrogens is 254 g/mol. The van der Waals surface area contributed by atoms with Crippen molar-refractivity contribution in [1.29, 1.82) is 0 Å². The number of hydrogen-bond acceptors (Lipinski definition) is 3. The summed E-state index contributed by atoms with van der Waals surface area (Å²) in [6.45, 7) is 7.31. The van der Waals surface area contributed by atoms with Gasteiger partial charge in [0.15, 0.2) is 0 Å². The number of carbonyl (C=O) groups is 1. The average molecular weight is 272 g/mol. The molecule has 100 valence electrons. The van der Waals surface area contributed by atoms with Crippen LogP contribution in [0.25, 0.3) is 0 Å². The molecule has 5 heteroatoms. The Labute approximate surface area is 112 Å². The Morgan fingerprint density at radius 2 is 2.11 bits per heavy atom. The van der Waals surface area contributed by atoms with Crippen molar-refractivity contribution in [3.63, 3.8) is 0 Å². The molecule has 1 aliphatic rings. The lowest BCUT2D eigenvalue weighted by molar-refractivity contribution is -0.0108. The van der Waals surface area contributed by atoms with E-state index in [1.54, 1.807) is 4.90 Å². The zero-order chi connectivity index (χ0) is 13.3. The molecule has 0 spiro atoms. The highest BCUT2D eigenvalue weighted by Gasteiger charge is 2.28. The third-order valence-electron chi connectivity index (χ3n) is 3.37. The third kappa shape index (κ3) is 2.40. The number of furan rings is 1. The van der Waals surface area contributed by atoms with E-state index in [2.05, 4.69) is 0 Å². The van der Waals surface area contributed by atoms with Gasteiger partial charge in [0, 0.05) is 18.7 Å². The molecule has 1 aromatic heterocycles. The van der Waals surface area contributed by atoms with Crippen molar-refractivity contribution < 1.29 is 13.9 Å². The van der Waals surface area contributed by atoms with E-state index in [9.17, 15) is 4.79 Å². The van der Waals surface area contributed by atoms with Gasteiger partial charge in [-0.1, -0.05) is 0 Å². The molecular formula is C13H18ClNO3. The minimum atomic E-state index is -0.0713. The summed E-state index contributed by atoms with van der Waals surface area (Å²) in [5.41, 5.74) is 1.61. The zero-order valence-electron chi connectivity index (χ0n) is 11.0. The van der Waals surface area contributed by atoms with E-state index in [1.165, 1.54) is 0 Å². The molecule has 18 heavy (non-hydrogen) atoms. The Morgan fingerprint density at radius 1 is 1.39 bits per heavy atom. The van der Waals surface area contributed by atoms with Crippen LogP contribution in [0.5, 0.6) is 0 Å². The molecule has 1 unspecified atom stereocenters. The second-order valence-corrected chi connectivity index (χ2v) is 4.92. The second-order valence-electron chi connectivity index (χ2n) is 4.61. The van der Waals surface area contributed by atoms with Crippen LogP contribution in [0.2, 0.25) is 0 Å². The quantitative estimate of drug-likeness (QED) is 0.775.